The Balaban J connectivity index is 3.98. The van der Waals surface area contributed by atoms with E-state index in [0.717, 1.165) is 6.42 Å². The zero-order chi connectivity index (χ0) is 11.2. The summed E-state index contributed by atoms with van der Waals surface area (Å²) in [5.74, 6) is -0.0837. The van der Waals surface area contributed by atoms with Gasteiger partial charge in [-0.05, 0) is 20.3 Å². The highest BCUT2D eigenvalue weighted by molar-refractivity contribution is 5.77. The van der Waals surface area contributed by atoms with Crippen LogP contribution in [-0.2, 0) is 4.79 Å². The van der Waals surface area contributed by atoms with Crippen molar-refractivity contribution >= 4 is 5.91 Å². The van der Waals surface area contributed by atoms with Crippen molar-refractivity contribution in [3.8, 4) is 6.07 Å². The number of hydrogen-bond acceptors (Lipinski definition) is 3. The van der Waals surface area contributed by atoms with Gasteiger partial charge in [0.2, 0.25) is 5.91 Å². The molecule has 1 atom stereocenters. The first kappa shape index (κ1) is 12.9. The largest absolute Gasteiger partial charge is 0.352 e. The fourth-order valence-corrected chi connectivity index (χ4v) is 1.10. The average Bonchev–Trinajstić information content (AvgIpc) is 2.00. The van der Waals surface area contributed by atoms with Gasteiger partial charge in [0.05, 0.1) is 12.5 Å². The molecule has 0 aliphatic carbocycles. The number of carbonyl (C=O) groups is 1. The van der Waals surface area contributed by atoms with Gasteiger partial charge in [-0.2, -0.15) is 5.26 Å². The normalized spacial score (nSPS) is 13.1. The molecule has 0 rings (SSSR count). The lowest BCUT2D eigenvalue weighted by atomic mass is 10.0. The Bertz CT molecular complexity index is 225. The monoisotopic (exact) mass is 197 g/mol. The number of nitrogens with one attached hydrogen (secondary N) is 1. The Morgan fingerprint density at radius 2 is 2.21 bits per heavy atom. The second kappa shape index (κ2) is 5.61. The van der Waals surface area contributed by atoms with E-state index in [1.54, 1.807) is 13.8 Å². The molecular weight excluding hydrogens is 178 g/mol. The van der Waals surface area contributed by atoms with E-state index in [0.29, 0.717) is 6.42 Å². The molecule has 4 nitrogen and oxygen atoms in total. The third-order valence-corrected chi connectivity index (χ3v) is 1.81. The predicted octanol–water partition coefficient (Wildman–Crippen LogP) is 0.922. The molecule has 4 heteroatoms. The van der Waals surface area contributed by atoms with Gasteiger partial charge in [-0.15, -0.1) is 0 Å². The van der Waals surface area contributed by atoms with Crippen LogP contribution in [0.4, 0.5) is 0 Å². The van der Waals surface area contributed by atoms with Crippen LogP contribution in [0, 0.1) is 11.3 Å². The van der Waals surface area contributed by atoms with Crippen LogP contribution in [0.2, 0.25) is 0 Å². The quantitative estimate of drug-likeness (QED) is 0.688. The molecule has 0 heterocycles. The van der Waals surface area contributed by atoms with Gasteiger partial charge in [0.1, 0.15) is 0 Å². The predicted molar refractivity (Wildman–Crippen MR) is 55.3 cm³/mol. The number of amides is 1. The average molecular weight is 197 g/mol. The molecule has 80 valence electrons. The van der Waals surface area contributed by atoms with Crippen LogP contribution in [0.3, 0.4) is 0 Å². The minimum absolute atomic E-state index is 0.0464. The molecule has 0 aliphatic rings. The van der Waals surface area contributed by atoms with Crippen LogP contribution in [-0.4, -0.2) is 17.5 Å². The van der Waals surface area contributed by atoms with Gasteiger partial charge >= 0.3 is 0 Å². The smallest absolute Gasteiger partial charge is 0.222 e. The van der Waals surface area contributed by atoms with Gasteiger partial charge in [-0.1, -0.05) is 6.92 Å². The van der Waals surface area contributed by atoms with E-state index >= 15 is 0 Å². The molecule has 0 aromatic heterocycles. The summed E-state index contributed by atoms with van der Waals surface area (Å²) >= 11 is 0. The maximum atomic E-state index is 11.4. The molecule has 0 saturated heterocycles. The zero-order valence-electron chi connectivity index (χ0n) is 9.13. The number of rotatable bonds is 5. The SMILES string of the molecule is CCC(CC#N)NC(=O)CC(C)(C)N. The molecule has 1 unspecified atom stereocenters. The molecule has 0 saturated carbocycles. The van der Waals surface area contributed by atoms with E-state index in [2.05, 4.69) is 5.32 Å². The summed E-state index contributed by atoms with van der Waals surface area (Å²) in [6.45, 7) is 5.55. The lowest BCUT2D eigenvalue weighted by Crippen LogP contribution is -2.42. The lowest BCUT2D eigenvalue weighted by molar-refractivity contribution is -0.122. The van der Waals surface area contributed by atoms with Gasteiger partial charge < -0.3 is 11.1 Å². The first-order chi connectivity index (χ1) is 6.39. The molecule has 0 bridgehead atoms. The third-order valence-electron chi connectivity index (χ3n) is 1.81. The van der Waals surface area contributed by atoms with Gasteiger partial charge in [-0.3, -0.25) is 4.79 Å². The third kappa shape index (κ3) is 6.44. The Hall–Kier alpha value is -1.08. The maximum Gasteiger partial charge on any atom is 0.222 e. The number of nitrogens with two attached hydrogens (primary N) is 1. The number of carbonyl (C=O) groups excluding carboxylic acids is 1. The van der Waals surface area contributed by atoms with Crippen molar-refractivity contribution in [2.24, 2.45) is 5.73 Å². The summed E-state index contributed by atoms with van der Waals surface area (Å²) < 4.78 is 0. The number of nitrogens with zero attached hydrogens (tertiary/aromatic N) is 1. The van der Waals surface area contributed by atoms with Gasteiger partial charge in [0.25, 0.3) is 0 Å². The van der Waals surface area contributed by atoms with E-state index in [1.165, 1.54) is 0 Å². The summed E-state index contributed by atoms with van der Waals surface area (Å²) in [4.78, 5) is 11.4. The van der Waals surface area contributed by atoms with Crippen molar-refractivity contribution in [2.75, 3.05) is 0 Å². The second-order valence-corrected chi connectivity index (χ2v) is 4.20. The van der Waals surface area contributed by atoms with E-state index < -0.39 is 5.54 Å². The fraction of sp³-hybridized carbons (Fsp3) is 0.800. The molecule has 0 radical (unpaired) electrons. The summed E-state index contributed by atoms with van der Waals surface area (Å²) in [7, 11) is 0. The standard InChI is InChI=1S/C10H19N3O/c1-4-8(5-6-11)13-9(14)7-10(2,3)12/h8H,4-5,7,12H2,1-3H3,(H,13,14). The molecule has 3 N–H and O–H groups in total. The Morgan fingerprint density at radius 3 is 2.57 bits per heavy atom. The zero-order valence-corrected chi connectivity index (χ0v) is 9.13. The highest BCUT2D eigenvalue weighted by Gasteiger charge is 2.18. The molecule has 0 fully saturated rings. The molecule has 1 amide bonds. The van der Waals surface area contributed by atoms with Crippen LogP contribution in [0.1, 0.15) is 40.0 Å². The summed E-state index contributed by atoms with van der Waals surface area (Å²) in [6.07, 6.45) is 1.41. The van der Waals surface area contributed by atoms with E-state index in [4.69, 9.17) is 11.0 Å². The Kier molecular flexibility index (Phi) is 5.18. The first-order valence-electron chi connectivity index (χ1n) is 4.84. The first-order valence-corrected chi connectivity index (χ1v) is 4.84. The number of nitriles is 1. The van der Waals surface area contributed by atoms with Gasteiger partial charge in [0.15, 0.2) is 0 Å². The Morgan fingerprint density at radius 1 is 1.64 bits per heavy atom. The van der Waals surface area contributed by atoms with Crippen molar-refractivity contribution in [1.82, 2.24) is 5.32 Å². The van der Waals surface area contributed by atoms with Crippen LogP contribution < -0.4 is 11.1 Å². The van der Waals surface area contributed by atoms with E-state index in [9.17, 15) is 4.79 Å². The molecule has 0 aromatic carbocycles. The fourth-order valence-electron chi connectivity index (χ4n) is 1.10. The van der Waals surface area contributed by atoms with Gasteiger partial charge in [-0.25, -0.2) is 0 Å². The summed E-state index contributed by atoms with van der Waals surface area (Å²) in [5, 5.41) is 11.3. The van der Waals surface area contributed by atoms with Crippen molar-refractivity contribution in [1.29, 1.82) is 5.26 Å². The Labute approximate surface area is 85.5 Å². The van der Waals surface area contributed by atoms with Crippen molar-refractivity contribution in [3.63, 3.8) is 0 Å². The minimum atomic E-state index is -0.491. The van der Waals surface area contributed by atoms with Gasteiger partial charge in [0, 0.05) is 18.0 Å². The molecule has 0 spiro atoms. The molecule has 0 aromatic rings. The molecular formula is C10H19N3O. The lowest BCUT2D eigenvalue weighted by Gasteiger charge is -2.20. The van der Waals surface area contributed by atoms with Crippen molar-refractivity contribution < 1.29 is 4.79 Å². The summed E-state index contributed by atoms with van der Waals surface area (Å²) in [5.41, 5.74) is 5.21. The van der Waals surface area contributed by atoms with Crippen LogP contribution in [0.25, 0.3) is 0 Å². The van der Waals surface area contributed by atoms with Crippen LogP contribution in [0.15, 0.2) is 0 Å². The molecule has 14 heavy (non-hydrogen) atoms. The molecule has 0 aliphatic heterocycles. The highest BCUT2D eigenvalue weighted by Crippen LogP contribution is 2.04. The maximum absolute atomic E-state index is 11.4. The van der Waals surface area contributed by atoms with Crippen LogP contribution >= 0.6 is 0 Å². The van der Waals surface area contributed by atoms with Crippen molar-refractivity contribution in [3.05, 3.63) is 0 Å². The minimum Gasteiger partial charge on any atom is -0.352 e. The second-order valence-electron chi connectivity index (χ2n) is 4.20. The van der Waals surface area contributed by atoms with Crippen molar-refractivity contribution in [2.45, 2.75) is 51.6 Å². The topological polar surface area (TPSA) is 78.9 Å². The van der Waals surface area contributed by atoms with Crippen LogP contribution in [0.5, 0.6) is 0 Å². The highest BCUT2D eigenvalue weighted by atomic mass is 16.1. The van der Waals surface area contributed by atoms with E-state index in [1.807, 2.05) is 13.0 Å². The van der Waals surface area contributed by atoms with E-state index in [-0.39, 0.29) is 18.4 Å². The number of hydrogen-bond donors (Lipinski definition) is 2. The summed E-state index contributed by atoms with van der Waals surface area (Å²) in [6, 6.07) is 1.99.